The number of carbonyl (C=O) groups is 1. The fourth-order valence-corrected chi connectivity index (χ4v) is 1.27. The van der Waals surface area contributed by atoms with E-state index in [9.17, 15) is 4.79 Å². The molecule has 2 rings (SSSR count). The van der Waals surface area contributed by atoms with Gasteiger partial charge in [-0.2, -0.15) is 0 Å². The van der Waals surface area contributed by atoms with Crippen LogP contribution in [0.25, 0.3) is 11.0 Å². The van der Waals surface area contributed by atoms with Crippen LogP contribution in [0, 0.1) is 0 Å². The van der Waals surface area contributed by atoms with Crippen molar-refractivity contribution in [2.45, 2.75) is 0 Å². The van der Waals surface area contributed by atoms with E-state index in [0.717, 1.165) is 5.52 Å². The molecule has 0 spiro atoms. The van der Waals surface area contributed by atoms with Crippen molar-refractivity contribution in [2.24, 2.45) is 7.05 Å². The number of halogens is 1. The first kappa shape index (κ1) is 10.5. The summed E-state index contributed by atoms with van der Waals surface area (Å²) < 4.78 is 1.85. The Morgan fingerprint density at radius 2 is 2.21 bits per heavy atom. The van der Waals surface area contributed by atoms with E-state index in [1.807, 2.05) is 11.6 Å². The van der Waals surface area contributed by atoms with E-state index in [2.05, 4.69) is 4.98 Å². The summed E-state index contributed by atoms with van der Waals surface area (Å²) in [5.74, 6) is -0.924. The van der Waals surface area contributed by atoms with Gasteiger partial charge in [0.2, 0.25) is 0 Å². The molecule has 0 aliphatic carbocycles. The molecule has 1 N–H and O–H groups in total. The first-order valence-electron chi connectivity index (χ1n) is 3.83. The maximum Gasteiger partial charge on any atom is 0.335 e. The second-order valence-electron chi connectivity index (χ2n) is 2.86. The zero-order valence-electron chi connectivity index (χ0n) is 7.47. The third-order valence-electron chi connectivity index (χ3n) is 1.97. The van der Waals surface area contributed by atoms with Crippen molar-refractivity contribution in [3.63, 3.8) is 0 Å². The number of nitrogens with zero attached hydrogens (tertiary/aromatic N) is 2. The molecule has 4 nitrogen and oxygen atoms in total. The Morgan fingerprint density at radius 1 is 1.50 bits per heavy atom. The number of imidazole rings is 1. The first-order valence-corrected chi connectivity index (χ1v) is 3.83. The number of aryl methyl sites for hydroxylation is 1. The van der Waals surface area contributed by atoms with Gasteiger partial charge >= 0.3 is 5.97 Å². The minimum atomic E-state index is -0.924. The molecular formula is C9H9ClN2O2. The molecule has 0 atom stereocenters. The normalized spacial score (nSPS) is 9.79. The SMILES string of the molecule is Cl.Cn1cnc2cc(C(=O)O)ccc21. The molecular weight excluding hydrogens is 204 g/mol. The van der Waals surface area contributed by atoms with Gasteiger partial charge in [-0.3, -0.25) is 0 Å². The van der Waals surface area contributed by atoms with Gasteiger partial charge in [0.1, 0.15) is 0 Å². The van der Waals surface area contributed by atoms with Gasteiger partial charge in [0.05, 0.1) is 22.9 Å². The summed E-state index contributed by atoms with van der Waals surface area (Å²) in [6.45, 7) is 0. The molecule has 0 unspecified atom stereocenters. The molecule has 0 bridgehead atoms. The van der Waals surface area contributed by atoms with Crippen LogP contribution in [-0.2, 0) is 7.05 Å². The number of aromatic nitrogens is 2. The second kappa shape index (κ2) is 3.67. The van der Waals surface area contributed by atoms with Crippen molar-refractivity contribution in [1.82, 2.24) is 9.55 Å². The lowest BCUT2D eigenvalue weighted by Gasteiger charge is -1.95. The smallest absolute Gasteiger partial charge is 0.335 e. The molecule has 0 fully saturated rings. The highest BCUT2D eigenvalue weighted by Gasteiger charge is 2.05. The van der Waals surface area contributed by atoms with E-state index in [4.69, 9.17) is 5.11 Å². The van der Waals surface area contributed by atoms with Gasteiger partial charge in [0.25, 0.3) is 0 Å². The largest absolute Gasteiger partial charge is 0.478 e. The molecule has 0 saturated carbocycles. The number of carboxylic acids is 1. The monoisotopic (exact) mass is 212 g/mol. The van der Waals surface area contributed by atoms with E-state index in [-0.39, 0.29) is 18.0 Å². The second-order valence-corrected chi connectivity index (χ2v) is 2.86. The zero-order chi connectivity index (χ0) is 9.42. The maximum atomic E-state index is 10.6. The van der Waals surface area contributed by atoms with Crippen LogP contribution >= 0.6 is 12.4 Å². The number of rotatable bonds is 1. The highest BCUT2D eigenvalue weighted by atomic mass is 35.5. The number of aromatic carboxylic acids is 1. The quantitative estimate of drug-likeness (QED) is 0.783. The fraction of sp³-hybridized carbons (Fsp3) is 0.111. The average molecular weight is 213 g/mol. The molecule has 14 heavy (non-hydrogen) atoms. The maximum absolute atomic E-state index is 10.6. The van der Waals surface area contributed by atoms with Gasteiger partial charge in [0, 0.05) is 7.05 Å². The van der Waals surface area contributed by atoms with Crippen LogP contribution in [-0.4, -0.2) is 20.6 Å². The van der Waals surface area contributed by atoms with Crippen molar-refractivity contribution >= 4 is 29.4 Å². The Morgan fingerprint density at radius 3 is 2.86 bits per heavy atom. The van der Waals surface area contributed by atoms with Gasteiger partial charge in [-0.05, 0) is 18.2 Å². The number of fused-ring (bicyclic) bond motifs is 1. The summed E-state index contributed by atoms with van der Waals surface area (Å²) in [7, 11) is 1.87. The van der Waals surface area contributed by atoms with Crippen molar-refractivity contribution in [1.29, 1.82) is 0 Å². The van der Waals surface area contributed by atoms with E-state index in [1.165, 1.54) is 0 Å². The van der Waals surface area contributed by atoms with Crippen LogP contribution < -0.4 is 0 Å². The molecule has 1 heterocycles. The highest BCUT2D eigenvalue weighted by molar-refractivity contribution is 5.92. The molecule has 0 amide bonds. The fourth-order valence-electron chi connectivity index (χ4n) is 1.27. The Kier molecular flexibility index (Phi) is 2.76. The Labute approximate surface area is 86.6 Å². The molecule has 1 aromatic carbocycles. The Bertz CT molecular complexity index is 479. The van der Waals surface area contributed by atoms with Gasteiger partial charge in [-0.1, -0.05) is 0 Å². The van der Waals surface area contributed by atoms with E-state index >= 15 is 0 Å². The third-order valence-corrected chi connectivity index (χ3v) is 1.97. The standard InChI is InChI=1S/C9H8N2O2.ClH/c1-11-5-10-7-4-6(9(12)13)2-3-8(7)11;/h2-5H,1H3,(H,12,13);1H. The lowest BCUT2D eigenvalue weighted by atomic mass is 10.2. The number of benzene rings is 1. The zero-order valence-corrected chi connectivity index (χ0v) is 8.28. The lowest BCUT2D eigenvalue weighted by Crippen LogP contribution is -1.95. The van der Waals surface area contributed by atoms with Gasteiger partial charge in [-0.25, -0.2) is 9.78 Å². The summed E-state index contributed by atoms with van der Waals surface area (Å²) in [6.07, 6.45) is 1.66. The van der Waals surface area contributed by atoms with Gasteiger partial charge in [0.15, 0.2) is 0 Å². The van der Waals surface area contributed by atoms with Crippen LogP contribution in [0.4, 0.5) is 0 Å². The van der Waals surface area contributed by atoms with E-state index in [0.29, 0.717) is 5.52 Å². The molecule has 74 valence electrons. The summed E-state index contributed by atoms with van der Waals surface area (Å²) in [4.78, 5) is 14.7. The molecule has 0 aliphatic heterocycles. The van der Waals surface area contributed by atoms with E-state index < -0.39 is 5.97 Å². The minimum absolute atomic E-state index is 0. The molecule has 0 saturated heterocycles. The van der Waals surface area contributed by atoms with Crippen molar-refractivity contribution in [2.75, 3.05) is 0 Å². The van der Waals surface area contributed by atoms with Crippen LogP contribution in [0.15, 0.2) is 24.5 Å². The predicted octanol–water partition coefficient (Wildman–Crippen LogP) is 1.69. The van der Waals surface area contributed by atoms with Crippen molar-refractivity contribution in [3.8, 4) is 0 Å². The lowest BCUT2D eigenvalue weighted by molar-refractivity contribution is 0.0697. The van der Waals surface area contributed by atoms with Crippen LogP contribution in [0.3, 0.4) is 0 Å². The number of hydrogen-bond acceptors (Lipinski definition) is 2. The summed E-state index contributed by atoms with van der Waals surface area (Å²) in [5, 5.41) is 8.72. The Hall–Kier alpha value is -1.55. The number of hydrogen-bond donors (Lipinski definition) is 1. The van der Waals surface area contributed by atoms with Crippen molar-refractivity contribution < 1.29 is 9.90 Å². The van der Waals surface area contributed by atoms with Gasteiger partial charge < -0.3 is 9.67 Å². The van der Waals surface area contributed by atoms with Crippen molar-refractivity contribution in [3.05, 3.63) is 30.1 Å². The Balaban J connectivity index is 0.000000980. The topological polar surface area (TPSA) is 55.1 Å². The molecule has 5 heteroatoms. The molecule has 1 aromatic heterocycles. The van der Waals surface area contributed by atoms with E-state index in [1.54, 1.807) is 24.5 Å². The third kappa shape index (κ3) is 1.56. The molecule has 0 aliphatic rings. The average Bonchev–Trinajstić information content (AvgIpc) is 2.47. The van der Waals surface area contributed by atoms with Gasteiger partial charge in [-0.15, -0.1) is 12.4 Å². The van der Waals surface area contributed by atoms with Crippen LogP contribution in [0.2, 0.25) is 0 Å². The molecule has 2 aromatic rings. The predicted molar refractivity (Wildman–Crippen MR) is 54.9 cm³/mol. The highest BCUT2D eigenvalue weighted by Crippen LogP contribution is 2.13. The van der Waals surface area contributed by atoms with Crippen LogP contribution in [0.5, 0.6) is 0 Å². The van der Waals surface area contributed by atoms with Crippen LogP contribution in [0.1, 0.15) is 10.4 Å². The summed E-state index contributed by atoms with van der Waals surface area (Å²) in [5.41, 5.74) is 1.92. The summed E-state index contributed by atoms with van der Waals surface area (Å²) >= 11 is 0. The molecule has 0 radical (unpaired) electrons. The first-order chi connectivity index (χ1) is 6.18. The number of carboxylic acid groups (broad SMARTS) is 1. The minimum Gasteiger partial charge on any atom is -0.478 e. The summed E-state index contributed by atoms with van der Waals surface area (Å²) in [6, 6.07) is 4.90.